The van der Waals surface area contributed by atoms with E-state index in [1.807, 2.05) is 31.2 Å². The van der Waals surface area contributed by atoms with E-state index in [0.29, 0.717) is 17.2 Å². The van der Waals surface area contributed by atoms with E-state index in [1.165, 1.54) is 11.3 Å². The molecule has 4 nitrogen and oxygen atoms in total. The van der Waals surface area contributed by atoms with Gasteiger partial charge in [-0.05, 0) is 36.6 Å². The van der Waals surface area contributed by atoms with Crippen LogP contribution < -0.4 is 11.1 Å². The molecule has 5 heteroatoms. The van der Waals surface area contributed by atoms with Crippen molar-refractivity contribution in [3.05, 3.63) is 29.1 Å². The fourth-order valence-electron chi connectivity index (χ4n) is 1.76. The summed E-state index contributed by atoms with van der Waals surface area (Å²) in [4.78, 5) is 12.7. The Morgan fingerprint density at radius 3 is 3.00 bits per heavy atom. The van der Waals surface area contributed by atoms with Crippen molar-refractivity contribution in [3.8, 4) is 0 Å². The van der Waals surface area contributed by atoms with E-state index in [2.05, 4.69) is 5.32 Å². The van der Waals surface area contributed by atoms with Gasteiger partial charge in [-0.15, -0.1) is 11.3 Å². The highest BCUT2D eigenvalue weighted by molar-refractivity contribution is 7.20. The van der Waals surface area contributed by atoms with E-state index in [0.717, 1.165) is 10.1 Å². The van der Waals surface area contributed by atoms with Crippen molar-refractivity contribution in [2.45, 2.75) is 13.0 Å². The maximum Gasteiger partial charge on any atom is 0.261 e. The normalized spacial score (nSPS) is 12.6. The van der Waals surface area contributed by atoms with Gasteiger partial charge in [-0.25, -0.2) is 0 Å². The first-order chi connectivity index (χ1) is 8.60. The van der Waals surface area contributed by atoms with Gasteiger partial charge in [0.2, 0.25) is 0 Å². The maximum atomic E-state index is 12.0. The Labute approximate surface area is 110 Å². The summed E-state index contributed by atoms with van der Waals surface area (Å²) in [5.74, 6) is -0.0701. The molecule has 0 aliphatic carbocycles. The van der Waals surface area contributed by atoms with Gasteiger partial charge in [-0.1, -0.05) is 0 Å². The van der Waals surface area contributed by atoms with E-state index in [9.17, 15) is 4.79 Å². The van der Waals surface area contributed by atoms with Crippen molar-refractivity contribution in [1.29, 1.82) is 0 Å². The lowest BCUT2D eigenvalue weighted by Crippen LogP contribution is -2.35. The molecule has 0 saturated carbocycles. The van der Waals surface area contributed by atoms with Gasteiger partial charge in [0, 0.05) is 23.5 Å². The summed E-state index contributed by atoms with van der Waals surface area (Å²) in [5.41, 5.74) is 6.43. The fraction of sp³-hybridized carbons (Fsp3) is 0.308. The molecule has 1 aromatic heterocycles. The lowest BCUT2D eigenvalue weighted by Gasteiger charge is -2.11. The first kappa shape index (κ1) is 12.9. The number of nitrogens with two attached hydrogens (primary N) is 1. The number of nitrogens with one attached hydrogen (secondary N) is 1. The molecule has 96 valence electrons. The average Bonchev–Trinajstić information content (AvgIpc) is 2.72. The Bertz CT molecular complexity index is 565. The van der Waals surface area contributed by atoms with Crippen LogP contribution in [0, 0.1) is 0 Å². The minimum Gasteiger partial charge on any atom is -0.399 e. The first-order valence-electron chi connectivity index (χ1n) is 5.69. The standard InChI is InChI=1S/C13H16N2O2S/c1-8(7-17-2)15-13(16)12-6-9-5-10(14)3-4-11(9)18-12/h3-6,8H,7,14H2,1-2H3,(H,15,16). The van der Waals surface area contributed by atoms with Gasteiger partial charge < -0.3 is 15.8 Å². The summed E-state index contributed by atoms with van der Waals surface area (Å²) < 4.78 is 6.05. The zero-order chi connectivity index (χ0) is 13.1. The van der Waals surface area contributed by atoms with Gasteiger partial charge in [0.25, 0.3) is 5.91 Å². The SMILES string of the molecule is COCC(C)NC(=O)c1cc2cc(N)ccc2s1. The van der Waals surface area contributed by atoms with Gasteiger partial charge in [0.1, 0.15) is 0 Å². The third-order valence-corrected chi connectivity index (χ3v) is 3.67. The van der Waals surface area contributed by atoms with Crippen LogP contribution >= 0.6 is 11.3 Å². The molecule has 1 amide bonds. The largest absolute Gasteiger partial charge is 0.399 e. The predicted molar refractivity (Wildman–Crippen MR) is 75.0 cm³/mol. The molecule has 0 saturated heterocycles. The highest BCUT2D eigenvalue weighted by Crippen LogP contribution is 2.27. The minimum absolute atomic E-state index is 0.00205. The summed E-state index contributed by atoms with van der Waals surface area (Å²) >= 11 is 1.47. The Morgan fingerprint density at radius 1 is 1.50 bits per heavy atom. The zero-order valence-corrected chi connectivity index (χ0v) is 11.2. The summed E-state index contributed by atoms with van der Waals surface area (Å²) in [5, 5.41) is 3.89. The molecule has 0 aliphatic rings. The Morgan fingerprint density at radius 2 is 2.28 bits per heavy atom. The number of carbonyl (C=O) groups excluding carboxylic acids is 1. The summed E-state index contributed by atoms with van der Waals surface area (Å²) in [6.45, 7) is 2.41. The summed E-state index contributed by atoms with van der Waals surface area (Å²) in [6, 6.07) is 7.52. The Balaban J connectivity index is 2.18. The van der Waals surface area contributed by atoms with Crippen molar-refractivity contribution < 1.29 is 9.53 Å². The Hall–Kier alpha value is -1.59. The number of nitrogen functional groups attached to an aromatic ring is 1. The molecule has 1 heterocycles. The number of thiophene rings is 1. The molecule has 0 fully saturated rings. The van der Waals surface area contributed by atoms with E-state index < -0.39 is 0 Å². The molecule has 1 unspecified atom stereocenters. The van der Waals surface area contributed by atoms with Gasteiger partial charge in [-0.3, -0.25) is 4.79 Å². The lowest BCUT2D eigenvalue weighted by molar-refractivity contribution is 0.0909. The number of benzene rings is 1. The summed E-state index contributed by atoms with van der Waals surface area (Å²) in [7, 11) is 1.62. The van der Waals surface area contributed by atoms with Crippen LogP contribution in [-0.4, -0.2) is 25.7 Å². The van der Waals surface area contributed by atoms with Crippen molar-refractivity contribution in [1.82, 2.24) is 5.32 Å². The molecule has 2 rings (SSSR count). The molecular weight excluding hydrogens is 248 g/mol. The molecule has 1 aromatic carbocycles. The minimum atomic E-state index is -0.0701. The van der Waals surface area contributed by atoms with Crippen molar-refractivity contribution in [3.63, 3.8) is 0 Å². The van der Waals surface area contributed by atoms with Gasteiger partial charge in [0.05, 0.1) is 11.5 Å². The van der Waals surface area contributed by atoms with Crippen molar-refractivity contribution in [2.24, 2.45) is 0 Å². The third kappa shape index (κ3) is 2.80. The lowest BCUT2D eigenvalue weighted by atomic mass is 10.2. The van der Waals surface area contributed by atoms with E-state index in [1.54, 1.807) is 7.11 Å². The topological polar surface area (TPSA) is 64.3 Å². The molecular formula is C13H16N2O2S. The number of hydrogen-bond acceptors (Lipinski definition) is 4. The van der Waals surface area contributed by atoms with Gasteiger partial charge >= 0.3 is 0 Å². The first-order valence-corrected chi connectivity index (χ1v) is 6.50. The maximum absolute atomic E-state index is 12.0. The number of ether oxygens (including phenoxy) is 1. The predicted octanol–water partition coefficient (Wildman–Crippen LogP) is 2.25. The molecule has 2 aromatic rings. The van der Waals surface area contributed by atoms with Crippen molar-refractivity contribution >= 4 is 33.0 Å². The average molecular weight is 264 g/mol. The second-order valence-electron chi connectivity index (χ2n) is 4.24. The monoisotopic (exact) mass is 264 g/mol. The molecule has 0 radical (unpaired) electrons. The number of rotatable bonds is 4. The van der Waals surface area contributed by atoms with Crippen LogP contribution in [0.25, 0.3) is 10.1 Å². The van der Waals surface area contributed by atoms with Crippen LogP contribution in [0.5, 0.6) is 0 Å². The number of hydrogen-bond donors (Lipinski definition) is 2. The highest BCUT2D eigenvalue weighted by Gasteiger charge is 2.12. The smallest absolute Gasteiger partial charge is 0.261 e. The van der Waals surface area contributed by atoms with E-state index in [4.69, 9.17) is 10.5 Å². The van der Waals surface area contributed by atoms with Crippen LogP contribution in [0.4, 0.5) is 5.69 Å². The molecule has 1 atom stereocenters. The van der Waals surface area contributed by atoms with Crippen LogP contribution in [0.2, 0.25) is 0 Å². The number of carbonyl (C=O) groups is 1. The number of methoxy groups -OCH3 is 1. The molecule has 0 spiro atoms. The van der Waals surface area contributed by atoms with Gasteiger partial charge in [0.15, 0.2) is 0 Å². The number of fused-ring (bicyclic) bond motifs is 1. The van der Waals surface area contributed by atoms with Crippen LogP contribution in [0.3, 0.4) is 0 Å². The second-order valence-corrected chi connectivity index (χ2v) is 5.32. The Kier molecular flexibility index (Phi) is 3.84. The van der Waals surface area contributed by atoms with Crippen LogP contribution in [0.15, 0.2) is 24.3 Å². The molecule has 0 bridgehead atoms. The highest BCUT2D eigenvalue weighted by atomic mass is 32.1. The van der Waals surface area contributed by atoms with Crippen molar-refractivity contribution in [2.75, 3.05) is 19.5 Å². The molecule has 18 heavy (non-hydrogen) atoms. The van der Waals surface area contributed by atoms with Gasteiger partial charge in [-0.2, -0.15) is 0 Å². The third-order valence-electron chi connectivity index (χ3n) is 2.56. The fourth-order valence-corrected chi connectivity index (χ4v) is 2.71. The number of amides is 1. The van der Waals surface area contributed by atoms with E-state index >= 15 is 0 Å². The molecule has 0 aliphatic heterocycles. The second kappa shape index (κ2) is 5.37. The molecule has 3 N–H and O–H groups in total. The summed E-state index contributed by atoms with van der Waals surface area (Å²) in [6.07, 6.45) is 0. The zero-order valence-electron chi connectivity index (χ0n) is 10.4. The van der Waals surface area contributed by atoms with Crippen LogP contribution in [-0.2, 0) is 4.74 Å². The van der Waals surface area contributed by atoms with Crippen LogP contribution in [0.1, 0.15) is 16.6 Å². The number of anilines is 1. The van der Waals surface area contributed by atoms with E-state index in [-0.39, 0.29) is 11.9 Å². The quantitative estimate of drug-likeness (QED) is 0.832.